The molecule has 0 aromatic heterocycles. The van der Waals surface area contributed by atoms with Crippen LogP contribution in [0.15, 0.2) is 18.2 Å². The topological polar surface area (TPSA) is 58.6 Å². The molecule has 0 heterocycles. The second-order valence-corrected chi connectivity index (χ2v) is 5.40. The Labute approximate surface area is 112 Å². The van der Waals surface area contributed by atoms with Crippen molar-refractivity contribution in [3.05, 3.63) is 35.1 Å². The Morgan fingerprint density at radius 2 is 2.11 bits per heavy atom. The molecule has 19 heavy (non-hydrogen) atoms. The summed E-state index contributed by atoms with van der Waals surface area (Å²) in [6, 6.07) is 4.12. The number of aliphatic hydroxyl groups is 1. The van der Waals surface area contributed by atoms with Crippen LogP contribution in [0.2, 0.25) is 0 Å². The van der Waals surface area contributed by atoms with Gasteiger partial charge in [-0.2, -0.15) is 0 Å². The average molecular weight is 269 g/mol. The lowest BCUT2D eigenvalue weighted by molar-refractivity contribution is 0.0491. The number of hydrogen-bond donors (Lipinski definition) is 2. The molecule has 0 radical (unpaired) electrons. The zero-order valence-corrected chi connectivity index (χ0v) is 11.7. The summed E-state index contributed by atoms with van der Waals surface area (Å²) >= 11 is 0. The normalized spacial score (nSPS) is 12.9. The SMILES string of the molecule is Cc1cc(F)ccc1C(O)CNC(=O)OC(C)(C)C. The fourth-order valence-electron chi connectivity index (χ4n) is 1.62. The standard InChI is InChI=1S/C14H20FNO3/c1-9-7-10(15)5-6-11(9)12(17)8-16-13(18)19-14(2,3)4/h5-7,12,17H,8H2,1-4H3,(H,16,18). The second-order valence-electron chi connectivity index (χ2n) is 5.40. The van der Waals surface area contributed by atoms with Crippen LogP contribution in [0.1, 0.15) is 38.0 Å². The minimum atomic E-state index is -0.895. The van der Waals surface area contributed by atoms with Gasteiger partial charge >= 0.3 is 6.09 Å². The third-order valence-electron chi connectivity index (χ3n) is 2.43. The molecule has 1 atom stereocenters. The minimum absolute atomic E-state index is 0.0153. The summed E-state index contributed by atoms with van der Waals surface area (Å²) in [5.41, 5.74) is 0.636. The highest BCUT2D eigenvalue weighted by molar-refractivity contribution is 5.67. The van der Waals surface area contributed by atoms with Crippen molar-refractivity contribution < 1.29 is 19.0 Å². The Bertz CT molecular complexity index is 454. The van der Waals surface area contributed by atoms with Crippen LogP contribution in [0, 0.1) is 12.7 Å². The number of carbonyl (C=O) groups is 1. The highest BCUT2D eigenvalue weighted by atomic mass is 19.1. The number of hydrogen-bond acceptors (Lipinski definition) is 3. The van der Waals surface area contributed by atoms with Crippen molar-refractivity contribution in [3.63, 3.8) is 0 Å². The van der Waals surface area contributed by atoms with Gasteiger partial charge in [-0.1, -0.05) is 6.07 Å². The lowest BCUT2D eigenvalue weighted by atomic mass is 10.0. The molecule has 1 aromatic carbocycles. The van der Waals surface area contributed by atoms with Crippen molar-refractivity contribution in [1.29, 1.82) is 0 Å². The number of aliphatic hydroxyl groups excluding tert-OH is 1. The van der Waals surface area contributed by atoms with Gasteiger partial charge in [0.25, 0.3) is 0 Å². The third-order valence-corrected chi connectivity index (χ3v) is 2.43. The second kappa shape index (κ2) is 6.02. The highest BCUT2D eigenvalue weighted by Gasteiger charge is 2.18. The molecule has 0 aliphatic rings. The van der Waals surface area contributed by atoms with E-state index in [2.05, 4.69) is 5.32 Å². The Morgan fingerprint density at radius 1 is 1.47 bits per heavy atom. The molecule has 1 unspecified atom stereocenters. The monoisotopic (exact) mass is 269 g/mol. The van der Waals surface area contributed by atoms with Gasteiger partial charge in [-0.3, -0.25) is 0 Å². The molecule has 0 spiro atoms. The molecule has 0 bridgehead atoms. The Hall–Kier alpha value is -1.62. The zero-order chi connectivity index (χ0) is 14.6. The number of aryl methyl sites for hydroxylation is 1. The van der Waals surface area contributed by atoms with E-state index in [1.54, 1.807) is 27.7 Å². The van der Waals surface area contributed by atoms with E-state index >= 15 is 0 Å². The van der Waals surface area contributed by atoms with E-state index in [0.717, 1.165) is 0 Å². The molecular weight excluding hydrogens is 249 g/mol. The molecule has 0 saturated heterocycles. The first-order valence-corrected chi connectivity index (χ1v) is 6.10. The first-order chi connectivity index (χ1) is 8.69. The molecule has 2 N–H and O–H groups in total. The fraction of sp³-hybridized carbons (Fsp3) is 0.500. The molecule has 5 heteroatoms. The van der Waals surface area contributed by atoms with E-state index < -0.39 is 17.8 Å². The van der Waals surface area contributed by atoms with Crippen molar-refractivity contribution >= 4 is 6.09 Å². The van der Waals surface area contributed by atoms with Crippen LogP contribution in [0.25, 0.3) is 0 Å². The third kappa shape index (κ3) is 5.26. The van der Waals surface area contributed by atoms with Gasteiger partial charge in [0.15, 0.2) is 0 Å². The molecule has 106 valence electrons. The molecular formula is C14H20FNO3. The Balaban J connectivity index is 2.56. The summed E-state index contributed by atoms with van der Waals surface area (Å²) in [5.74, 6) is -0.353. The molecule has 0 aliphatic heterocycles. The summed E-state index contributed by atoms with van der Waals surface area (Å²) in [6.07, 6.45) is -1.49. The van der Waals surface area contributed by atoms with E-state index in [1.807, 2.05) is 0 Å². The minimum Gasteiger partial charge on any atom is -0.444 e. The van der Waals surface area contributed by atoms with Crippen LogP contribution in [0.5, 0.6) is 0 Å². The number of amides is 1. The van der Waals surface area contributed by atoms with Gasteiger partial charge in [0, 0.05) is 0 Å². The van der Waals surface area contributed by atoms with Crippen LogP contribution in [0.3, 0.4) is 0 Å². The number of halogens is 1. The van der Waals surface area contributed by atoms with Gasteiger partial charge in [-0.05, 0) is 51.0 Å². The van der Waals surface area contributed by atoms with E-state index in [1.165, 1.54) is 18.2 Å². The summed E-state index contributed by atoms with van der Waals surface area (Å²) in [5, 5.41) is 12.4. The summed E-state index contributed by atoms with van der Waals surface area (Å²) in [7, 11) is 0. The van der Waals surface area contributed by atoms with Gasteiger partial charge in [0.1, 0.15) is 11.4 Å². The first kappa shape index (κ1) is 15.4. The van der Waals surface area contributed by atoms with Crippen LogP contribution < -0.4 is 5.32 Å². The molecule has 1 rings (SSSR count). The van der Waals surface area contributed by atoms with Crippen LogP contribution in [0.4, 0.5) is 9.18 Å². The largest absolute Gasteiger partial charge is 0.444 e. The van der Waals surface area contributed by atoms with E-state index in [0.29, 0.717) is 11.1 Å². The number of benzene rings is 1. The van der Waals surface area contributed by atoms with Gasteiger partial charge in [0.05, 0.1) is 12.6 Å². The Morgan fingerprint density at radius 3 is 2.63 bits per heavy atom. The zero-order valence-electron chi connectivity index (χ0n) is 11.7. The molecule has 1 aromatic rings. The maximum atomic E-state index is 12.9. The molecule has 0 aliphatic carbocycles. The van der Waals surface area contributed by atoms with Crippen molar-refractivity contribution in [1.82, 2.24) is 5.32 Å². The predicted molar refractivity (Wildman–Crippen MR) is 70.3 cm³/mol. The van der Waals surface area contributed by atoms with Crippen molar-refractivity contribution in [2.45, 2.75) is 39.4 Å². The quantitative estimate of drug-likeness (QED) is 0.887. The predicted octanol–water partition coefficient (Wildman–Crippen LogP) is 2.69. The first-order valence-electron chi connectivity index (χ1n) is 6.10. The highest BCUT2D eigenvalue weighted by Crippen LogP contribution is 2.18. The lowest BCUT2D eigenvalue weighted by Crippen LogP contribution is -2.34. The number of alkyl carbamates (subject to hydrolysis) is 1. The van der Waals surface area contributed by atoms with Gasteiger partial charge < -0.3 is 15.2 Å². The molecule has 0 saturated carbocycles. The van der Waals surface area contributed by atoms with Crippen molar-refractivity contribution in [2.24, 2.45) is 0 Å². The van der Waals surface area contributed by atoms with Crippen LogP contribution >= 0.6 is 0 Å². The van der Waals surface area contributed by atoms with E-state index in [4.69, 9.17) is 4.74 Å². The number of rotatable bonds is 3. The fourth-order valence-corrected chi connectivity index (χ4v) is 1.62. The molecule has 4 nitrogen and oxygen atoms in total. The lowest BCUT2D eigenvalue weighted by Gasteiger charge is -2.21. The summed E-state index contributed by atoms with van der Waals surface area (Å²) in [4.78, 5) is 11.4. The smallest absolute Gasteiger partial charge is 0.407 e. The van der Waals surface area contributed by atoms with Gasteiger partial charge in [-0.25, -0.2) is 9.18 Å². The van der Waals surface area contributed by atoms with Crippen LogP contribution in [-0.2, 0) is 4.74 Å². The summed E-state index contributed by atoms with van der Waals surface area (Å²) < 4.78 is 18.0. The number of carbonyl (C=O) groups excluding carboxylic acids is 1. The van der Waals surface area contributed by atoms with E-state index in [-0.39, 0.29) is 12.4 Å². The van der Waals surface area contributed by atoms with E-state index in [9.17, 15) is 14.3 Å². The maximum absolute atomic E-state index is 12.9. The van der Waals surface area contributed by atoms with Crippen LogP contribution in [-0.4, -0.2) is 23.3 Å². The molecule has 0 fully saturated rings. The average Bonchev–Trinajstić information content (AvgIpc) is 2.23. The Kier molecular flexibility index (Phi) is 4.89. The van der Waals surface area contributed by atoms with Gasteiger partial charge in [0.2, 0.25) is 0 Å². The molecule has 1 amide bonds. The number of nitrogens with one attached hydrogen (secondary N) is 1. The summed E-state index contributed by atoms with van der Waals surface area (Å²) in [6.45, 7) is 6.99. The van der Waals surface area contributed by atoms with Crippen molar-refractivity contribution in [2.75, 3.05) is 6.54 Å². The van der Waals surface area contributed by atoms with Crippen molar-refractivity contribution in [3.8, 4) is 0 Å². The number of ether oxygens (including phenoxy) is 1. The van der Waals surface area contributed by atoms with Gasteiger partial charge in [-0.15, -0.1) is 0 Å². The maximum Gasteiger partial charge on any atom is 0.407 e.